The summed E-state index contributed by atoms with van der Waals surface area (Å²) in [6, 6.07) is 17.1. The summed E-state index contributed by atoms with van der Waals surface area (Å²) >= 11 is 0. The lowest BCUT2D eigenvalue weighted by Gasteiger charge is -2.32. The van der Waals surface area contributed by atoms with E-state index in [0.29, 0.717) is 12.5 Å². The standard InChI is InChI=1S/C25H35N3O/c1-4-27(5-2)23-11-12-24(20(3)17-23)26-19-25(29)28-15-13-22(14-16-28)18-21-9-7-6-8-10-21/h6-12,17,22,26H,4-5,13-16,18-19H2,1-3H3. The van der Waals surface area contributed by atoms with Gasteiger partial charge in [-0.15, -0.1) is 0 Å². The monoisotopic (exact) mass is 393 g/mol. The maximum Gasteiger partial charge on any atom is 0.241 e. The van der Waals surface area contributed by atoms with Crippen LogP contribution in [-0.2, 0) is 11.2 Å². The smallest absolute Gasteiger partial charge is 0.241 e. The van der Waals surface area contributed by atoms with Crippen molar-refractivity contribution >= 4 is 17.3 Å². The van der Waals surface area contributed by atoms with Gasteiger partial charge in [0.15, 0.2) is 0 Å². The van der Waals surface area contributed by atoms with Crippen LogP contribution in [0.1, 0.15) is 37.8 Å². The van der Waals surface area contributed by atoms with Crippen molar-refractivity contribution in [3.8, 4) is 0 Å². The highest BCUT2D eigenvalue weighted by molar-refractivity contribution is 5.81. The number of hydrogen-bond donors (Lipinski definition) is 1. The average molecular weight is 394 g/mol. The first-order valence-electron chi connectivity index (χ1n) is 11.0. The van der Waals surface area contributed by atoms with Gasteiger partial charge in [0.05, 0.1) is 6.54 Å². The number of aryl methyl sites for hydroxylation is 1. The van der Waals surface area contributed by atoms with Crippen molar-refractivity contribution in [3.63, 3.8) is 0 Å². The van der Waals surface area contributed by atoms with Gasteiger partial charge in [-0.05, 0) is 75.3 Å². The highest BCUT2D eigenvalue weighted by atomic mass is 16.2. The molecule has 2 aromatic carbocycles. The zero-order valence-electron chi connectivity index (χ0n) is 18.2. The number of likely N-dealkylation sites (tertiary alicyclic amines) is 1. The van der Waals surface area contributed by atoms with E-state index in [4.69, 9.17) is 0 Å². The largest absolute Gasteiger partial charge is 0.376 e. The Morgan fingerprint density at radius 1 is 1.07 bits per heavy atom. The first kappa shape index (κ1) is 21.2. The number of hydrogen-bond acceptors (Lipinski definition) is 3. The minimum atomic E-state index is 0.204. The molecule has 4 heteroatoms. The lowest BCUT2D eigenvalue weighted by atomic mass is 9.90. The normalized spacial score (nSPS) is 14.7. The van der Waals surface area contributed by atoms with Gasteiger partial charge >= 0.3 is 0 Å². The van der Waals surface area contributed by atoms with E-state index in [9.17, 15) is 4.79 Å². The van der Waals surface area contributed by atoms with Crippen LogP contribution >= 0.6 is 0 Å². The molecule has 1 aliphatic heterocycles. The summed E-state index contributed by atoms with van der Waals surface area (Å²) in [5.74, 6) is 0.889. The molecule has 0 aliphatic carbocycles. The lowest BCUT2D eigenvalue weighted by Crippen LogP contribution is -2.41. The summed E-state index contributed by atoms with van der Waals surface area (Å²) < 4.78 is 0. The summed E-state index contributed by atoms with van der Waals surface area (Å²) in [5.41, 5.74) is 4.88. The molecule has 4 nitrogen and oxygen atoms in total. The summed E-state index contributed by atoms with van der Waals surface area (Å²) in [4.78, 5) is 17.0. The van der Waals surface area contributed by atoms with Crippen LogP contribution in [0.4, 0.5) is 11.4 Å². The maximum atomic E-state index is 12.7. The molecule has 0 bridgehead atoms. The molecule has 156 valence electrons. The Kier molecular flexibility index (Phi) is 7.56. The summed E-state index contributed by atoms with van der Waals surface area (Å²) in [7, 11) is 0. The molecule has 1 amide bonds. The Morgan fingerprint density at radius 3 is 2.38 bits per heavy atom. The Balaban J connectivity index is 1.46. The molecule has 1 aliphatic rings. The minimum Gasteiger partial charge on any atom is -0.376 e. The maximum absolute atomic E-state index is 12.7. The van der Waals surface area contributed by atoms with E-state index < -0.39 is 0 Å². The Hall–Kier alpha value is -2.49. The third-order valence-corrected chi connectivity index (χ3v) is 6.10. The van der Waals surface area contributed by atoms with Gasteiger partial charge in [0.2, 0.25) is 5.91 Å². The molecule has 0 radical (unpaired) electrons. The van der Waals surface area contributed by atoms with E-state index in [1.807, 2.05) is 4.90 Å². The number of benzene rings is 2. The lowest BCUT2D eigenvalue weighted by molar-refractivity contribution is -0.130. The second kappa shape index (κ2) is 10.3. The van der Waals surface area contributed by atoms with E-state index in [0.717, 1.165) is 51.1 Å². The Morgan fingerprint density at radius 2 is 1.76 bits per heavy atom. The van der Waals surface area contributed by atoms with Crippen LogP contribution in [-0.4, -0.2) is 43.5 Å². The summed E-state index contributed by atoms with van der Waals surface area (Å²) in [6.45, 7) is 10.6. The highest BCUT2D eigenvalue weighted by Crippen LogP contribution is 2.24. The topological polar surface area (TPSA) is 35.6 Å². The fourth-order valence-electron chi connectivity index (χ4n) is 4.25. The minimum absolute atomic E-state index is 0.204. The van der Waals surface area contributed by atoms with E-state index in [1.54, 1.807) is 0 Å². The fraction of sp³-hybridized carbons (Fsp3) is 0.480. The molecule has 1 N–H and O–H groups in total. The predicted octanol–water partition coefficient (Wildman–Crippen LogP) is 4.73. The number of carbonyl (C=O) groups is 1. The van der Waals surface area contributed by atoms with Crippen molar-refractivity contribution in [1.82, 2.24) is 4.90 Å². The van der Waals surface area contributed by atoms with Crippen molar-refractivity contribution in [3.05, 3.63) is 59.7 Å². The molecule has 1 fully saturated rings. The summed E-state index contributed by atoms with van der Waals surface area (Å²) in [6.07, 6.45) is 3.32. The van der Waals surface area contributed by atoms with Crippen LogP contribution in [0.25, 0.3) is 0 Å². The van der Waals surface area contributed by atoms with Crippen molar-refractivity contribution in [2.45, 2.75) is 40.0 Å². The quantitative estimate of drug-likeness (QED) is 0.704. The van der Waals surface area contributed by atoms with Gasteiger partial charge in [0.1, 0.15) is 0 Å². The van der Waals surface area contributed by atoms with Crippen LogP contribution in [0.15, 0.2) is 48.5 Å². The first-order valence-corrected chi connectivity index (χ1v) is 11.0. The van der Waals surface area contributed by atoms with E-state index in [2.05, 4.69) is 79.5 Å². The molecule has 0 aromatic heterocycles. The molecule has 1 heterocycles. The number of nitrogens with zero attached hydrogens (tertiary/aromatic N) is 2. The SMILES string of the molecule is CCN(CC)c1ccc(NCC(=O)N2CCC(Cc3ccccc3)CC2)c(C)c1. The van der Waals surface area contributed by atoms with E-state index in [1.165, 1.54) is 16.8 Å². The Labute approximate surface area is 175 Å². The number of nitrogens with one attached hydrogen (secondary N) is 1. The molecule has 3 rings (SSSR count). The van der Waals surface area contributed by atoms with E-state index >= 15 is 0 Å². The van der Waals surface area contributed by atoms with Crippen LogP contribution in [0, 0.1) is 12.8 Å². The third kappa shape index (κ3) is 5.75. The zero-order chi connectivity index (χ0) is 20.6. The molecule has 0 unspecified atom stereocenters. The van der Waals surface area contributed by atoms with Crippen molar-refractivity contribution in [1.29, 1.82) is 0 Å². The number of piperidine rings is 1. The van der Waals surface area contributed by atoms with Gasteiger partial charge in [0, 0.05) is 37.6 Å². The van der Waals surface area contributed by atoms with Crippen LogP contribution in [0.5, 0.6) is 0 Å². The zero-order valence-corrected chi connectivity index (χ0v) is 18.2. The van der Waals surface area contributed by atoms with Crippen molar-refractivity contribution in [2.24, 2.45) is 5.92 Å². The number of carbonyl (C=O) groups excluding carboxylic acids is 1. The van der Waals surface area contributed by atoms with Gasteiger partial charge in [0.25, 0.3) is 0 Å². The number of anilines is 2. The van der Waals surface area contributed by atoms with Crippen LogP contribution in [0.2, 0.25) is 0 Å². The second-order valence-electron chi connectivity index (χ2n) is 8.04. The Bertz CT molecular complexity index is 778. The molecule has 0 saturated carbocycles. The van der Waals surface area contributed by atoms with Gasteiger partial charge in [-0.2, -0.15) is 0 Å². The van der Waals surface area contributed by atoms with Crippen molar-refractivity contribution in [2.75, 3.05) is 42.9 Å². The van der Waals surface area contributed by atoms with E-state index in [-0.39, 0.29) is 5.91 Å². The molecule has 2 aromatic rings. The number of amides is 1. The first-order chi connectivity index (χ1) is 14.1. The highest BCUT2D eigenvalue weighted by Gasteiger charge is 2.22. The molecule has 29 heavy (non-hydrogen) atoms. The molecular formula is C25H35N3O. The van der Waals surface area contributed by atoms with Crippen LogP contribution < -0.4 is 10.2 Å². The second-order valence-corrected chi connectivity index (χ2v) is 8.04. The van der Waals surface area contributed by atoms with Crippen molar-refractivity contribution < 1.29 is 4.79 Å². The molecule has 1 saturated heterocycles. The molecular weight excluding hydrogens is 358 g/mol. The summed E-state index contributed by atoms with van der Waals surface area (Å²) in [5, 5.41) is 3.35. The molecule has 0 spiro atoms. The van der Waals surface area contributed by atoms with Gasteiger partial charge in [-0.1, -0.05) is 30.3 Å². The molecule has 0 atom stereocenters. The van der Waals surface area contributed by atoms with Gasteiger partial charge < -0.3 is 15.1 Å². The fourth-order valence-corrected chi connectivity index (χ4v) is 4.25. The number of rotatable bonds is 8. The van der Waals surface area contributed by atoms with Crippen LogP contribution in [0.3, 0.4) is 0 Å². The van der Waals surface area contributed by atoms with Gasteiger partial charge in [-0.3, -0.25) is 4.79 Å². The average Bonchev–Trinajstić information content (AvgIpc) is 2.75. The third-order valence-electron chi connectivity index (χ3n) is 6.10. The van der Waals surface area contributed by atoms with Gasteiger partial charge in [-0.25, -0.2) is 0 Å². The predicted molar refractivity (Wildman–Crippen MR) is 123 cm³/mol.